The van der Waals surface area contributed by atoms with E-state index in [0.29, 0.717) is 4.90 Å². The minimum Gasteiger partial charge on any atom is -0.395 e. The van der Waals surface area contributed by atoms with Gasteiger partial charge in [-0.3, -0.25) is 4.79 Å². The van der Waals surface area contributed by atoms with Crippen molar-refractivity contribution in [3.05, 3.63) is 29.6 Å². The number of carbonyl (C=O) groups excluding carboxylic acids is 1. The molecule has 0 radical (unpaired) electrons. The predicted octanol–water partition coefficient (Wildman–Crippen LogP) is 2.50. The second kappa shape index (κ2) is 5.28. The van der Waals surface area contributed by atoms with E-state index in [2.05, 4.69) is 0 Å². The molecule has 0 saturated carbocycles. The van der Waals surface area contributed by atoms with E-state index in [1.54, 1.807) is 12.1 Å². The Hall–Kier alpha value is -0.870. The molecule has 1 unspecified atom stereocenters. The van der Waals surface area contributed by atoms with Crippen molar-refractivity contribution < 1.29 is 14.3 Å². The highest BCUT2D eigenvalue weighted by Gasteiger charge is 2.14. The van der Waals surface area contributed by atoms with Crippen molar-refractivity contribution in [1.82, 2.24) is 0 Å². The molecule has 1 atom stereocenters. The van der Waals surface area contributed by atoms with Gasteiger partial charge in [-0.2, -0.15) is 0 Å². The Kier molecular flexibility index (Phi) is 4.29. The van der Waals surface area contributed by atoms with Gasteiger partial charge in [0.05, 0.1) is 12.2 Å². The summed E-state index contributed by atoms with van der Waals surface area (Å²) in [4.78, 5) is 11.8. The highest BCUT2D eigenvalue weighted by atomic mass is 32.2. The van der Waals surface area contributed by atoms with E-state index in [0.717, 1.165) is 0 Å². The van der Waals surface area contributed by atoms with Gasteiger partial charge in [0.15, 0.2) is 5.78 Å². The van der Waals surface area contributed by atoms with Crippen LogP contribution < -0.4 is 0 Å². The Bertz CT molecular complexity index is 366. The van der Waals surface area contributed by atoms with Crippen LogP contribution in [0.2, 0.25) is 0 Å². The zero-order valence-corrected chi connectivity index (χ0v) is 9.47. The normalized spacial score (nSPS) is 12.5. The topological polar surface area (TPSA) is 37.3 Å². The summed E-state index contributed by atoms with van der Waals surface area (Å²) >= 11 is 1.30. The number of benzene rings is 1. The predicted molar refractivity (Wildman–Crippen MR) is 58.8 cm³/mol. The minimum absolute atomic E-state index is 0.00146. The number of ketones is 1. The lowest BCUT2D eigenvalue weighted by Crippen LogP contribution is -2.05. The molecule has 0 aliphatic rings. The van der Waals surface area contributed by atoms with E-state index in [9.17, 15) is 9.18 Å². The quantitative estimate of drug-likeness (QED) is 0.635. The minimum atomic E-state index is -0.502. The molecule has 0 bridgehead atoms. The fourth-order valence-corrected chi connectivity index (χ4v) is 2.22. The van der Waals surface area contributed by atoms with Gasteiger partial charge in [-0.05, 0) is 19.1 Å². The first-order valence-corrected chi connectivity index (χ1v) is 5.51. The molecule has 0 fully saturated rings. The zero-order valence-electron chi connectivity index (χ0n) is 8.66. The summed E-state index contributed by atoms with van der Waals surface area (Å²) in [6.07, 6.45) is 0. The molecule has 0 aromatic heterocycles. The summed E-state index contributed by atoms with van der Waals surface area (Å²) in [7, 11) is 0. The van der Waals surface area contributed by atoms with Gasteiger partial charge in [0.25, 0.3) is 0 Å². The van der Waals surface area contributed by atoms with Crippen molar-refractivity contribution >= 4 is 17.5 Å². The SMILES string of the molecule is CC(=O)c1c(F)cccc1SC(C)CO. The van der Waals surface area contributed by atoms with Crippen LogP contribution in [0.15, 0.2) is 23.1 Å². The van der Waals surface area contributed by atoms with Crippen LogP contribution in [-0.2, 0) is 0 Å². The van der Waals surface area contributed by atoms with Gasteiger partial charge in [-0.15, -0.1) is 11.8 Å². The van der Waals surface area contributed by atoms with Gasteiger partial charge in [0.2, 0.25) is 0 Å². The molecule has 0 aliphatic heterocycles. The second-order valence-electron chi connectivity index (χ2n) is 3.28. The fourth-order valence-electron chi connectivity index (χ4n) is 1.20. The largest absolute Gasteiger partial charge is 0.395 e. The number of halogens is 1. The number of Topliss-reactive ketones (excluding diaryl/α,β-unsaturated/α-hetero) is 1. The maximum absolute atomic E-state index is 13.4. The third kappa shape index (κ3) is 3.04. The van der Waals surface area contributed by atoms with Crippen LogP contribution in [0.5, 0.6) is 0 Å². The molecular weight excluding hydrogens is 215 g/mol. The van der Waals surface area contributed by atoms with E-state index in [4.69, 9.17) is 5.11 Å². The van der Waals surface area contributed by atoms with Crippen LogP contribution in [0, 0.1) is 5.82 Å². The van der Waals surface area contributed by atoms with Crippen molar-refractivity contribution in [1.29, 1.82) is 0 Å². The summed E-state index contributed by atoms with van der Waals surface area (Å²) in [6, 6.07) is 4.52. The van der Waals surface area contributed by atoms with Gasteiger partial charge < -0.3 is 5.11 Å². The van der Waals surface area contributed by atoms with E-state index in [1.807, 2.05) is 6.92 Å². The maximum Gasteiger partial charge on any atom is 0.163 e. The van der Waals surface area contributed by atoms with Crippen molar-refractivity contribution in [3.8, 4) is 0 Å². The molecule has 2 nitrogen and oxygen atoms in total. The van der Waals surface area contributed by atoms with Crippen LogP contribution in [0.3, 0.4) is 0 Å². The molecule has 1 N–H and O–H groups in total. The van der Waals surface area contributed by atoms with Gasteiger partial charge >= 0.3 is 0 Å². The molecule has 1 aromatic carbocycles. The van der Waals surface area contributed by atoms with Crippen molar-refractivity contribution in [3.63, 3.8) is 0 Å². The molecule has 0 heterocycles. The molecule has 15 heavy (non-hydrogen) atoms. The summed E-state index contributed by atoms with van der Waals surface area (Å²) in [5.74, 6) is -0.793. The van der Waals surface area contributed by atoms with Crippen molar-refractivity contribution in [2.45, 2.75) is 24.0 Å². The lowest BCUT2D eigenvalue weighted by molar-refractivity contribution is 0.101. The standard InChI is InChI=1S/C11H13FO2S/c1-7(6-13)15-10-5-3-4-9(12)11(10)8(2)14/h3-5,7,13H,6H2,1-2H3. The molecule has 0 saturated heterocycles. The average molecular weight is 228 g/mol. The van der Waals surface area contributed by atoms with Crippen LogP contribution >= 0.6 is 11.8 Å². The number of hydrogen-bond acceptors (Lipinski definition) is 3. The second-order valence-corrected chi connectivity index (χ2v) is 4.76. The fraction of sp³-hybridized carbons (Fsp3) is 0.364. The van der Waals surface area contributed by atoms with Gasteiger partial charge in [0.1, 0.15) is 5.82 Å². The van der Waals surface area contributed by atoms with Crippen molar-refractivity contribution in [2.24, 2.45) is 0 Å². The Morgan fingerprint density at radius 1 is 1.60 bits per heavy atom. The molecular formula is C11H13FO2S. The molecule has 82 valence electrons. The lowest BCUT2D eigenvalue weighted by atomic mass is 10.1. The van der Waals surface area contributed by atoms with E-state index >= 15 is 0 Å². The number of hydrogen-bond donors (Lipinski definition) is 1. The van der Waals surface area contributed by atoms with Gasteiger partial charge in [-0.1, -0.05) is 13.0 Å². The number of carbonyl (C=O) groups is 1. The number of rotatable bonds is 4. The summed E-state index contributed by atoms with van der Waals surface area (Å²) in [6.45, 7) is 3.16. The Morgan fingerprint density at radius 3 is 2.80 bits per heavy atom. The lowest BCUT2D eigenvalue weighted by Gasteiger charge is -2.11. The number of aliphatic hydroxyl groups excluding tert-OH is 1. The summed E-state index contributed by atoms with van der Waals surface area (Å²) in [5, 5.41) is 8.84. The smallest absolute Gasteiger partial charge is 0.163 e. The van der Waals surface area contributed by atoms with Crippen LogP contribution in [0.1, 0.15) is 24.2 Å². The Labute approximate surface area is 92.5 Å². The summed E-state index contributed by atoms with van der Waals surface area (Å²) < 4.78 is 13.4. The number of aliphatic hydroxyl groups is 1. The monoisotopic (exact) mass is 228 g/mol. The van der Waals surface area contributed by atoms with Crippen LogP contribution in [0.4, 0.5) is 4.39 Å². The summed E-state index contributed by atoms with van der Waals surface area (Å²) in [5.41, 5.74) is 0.114. The van der Waals surface area contributed by atoms with E-state index < -0.39 is 5.82 Å². The zero-order chi connectivity index (χ0) is 11.4. The third-order valence-corrected chi connectivity index (χ3v) is 3.06. The highest BCUT2D eigenvalue weighted by Crippen LogP contribution is 2.28. The molecule has 1 aromatic rings. The maximum atomic E-state index is 13.4. The Balaban J connectivity index is 3.06. The first-order chi connectivity index (χ1) is 7.06. The first-order valence-electron chi connectivity index (χ1n) is 4.63. The average Bonchev–Trinajstić information content (AvgIpc) is 2.17. The van der Waals surface area contributed by atoms with Gasteiger partial charge in [0, 0.05) is 10.1 Å². The van der Waals surface area contributed by atoms with Gasteiger partial charge in [-0.25, -0.2) is 4.39 Å². The molecule has 4 heteroatoms. The molecule has 0 aliphatic carbocycles. The van der Waals surface area contributed by atoms with E-state index in [1.165, 1.54) is 24.8 Å². The third-order valence-electron chi connectivity index (χ3n) is 1.91. The van der Waals surface area contributed by atoms with Crippen molar-refractivity contribution in [2.75, 3.05) is 6.61 Å². The van der Waals surface area contributed by atoms with E-state index in [-0.39, 0.29) is 23.2 Å². The number of thioether (sulfide) groups is 1. The molecule has 1 rings (SSSR count). The first kappa shape index (κ1) is 12.2. The Morgan fingerprint density at radius 2 is 2.27 bits per heavy atom. The van der Waals surface area contributed by atoms with Crippen LogP contribution in [-0.4, -0.2) is 22.7 Å². The molecule has 0 amide bonds. The van der Waals surface area contributed by atoms with Crippen LogP contribution in [0.25, 0.3) is 0 Å². The molecule has 0 spiro atoms. The highest BCUT2D eigenvalue weighted by molar-refractivity contribution is 8.00.